The normalized spacial score (nSPS) is 20.1. The summed E-state index contributed by atoms with van der Waals surface area (Å²) in [5, 5.41) is 3.48. The summed E-state index contributed by atoms with van der Waals surface area (Å²) in [5.41, 5.74) is 2.66. The molecule has 1 aromatic carbocycles. The zero-order valence-electron chi connectivity index (χ0n) is 11.6. The molecule has 1 fully saturated rings. The number of nitrogens with zero attached hydrogens (tertiary/aromatic N) is 1. The molecular weight excluding hydrogens is 224 g/mol. The van der Waals surface area contributed by atoms with Gasteiger partial charge in [-0.2, -0.15) is 0 Å². The van der Waals surface area contributed by atoms with Gasteiger partial charge in [-0.25, -0.2) is 0 Å². The van der Waals surface area contributed by atoms with E-state index in [1.165, 1.54) is 11.3 Å². The van der Waals surface area contributed by atoms with Crippen LogP contribution in [0.2, 0.25) is 0 Å². The Morgan fingerprint density at radius 1 is 1.33 bits per heavy atom. The first-order valence-electron chi connectivity index (χ1n) is 6.79. The van der Waals surface area contributed by atoms with E-state index in [-0.39, 0.29) is 0 Å². The zero-order valence-corrected chi connectivity index (χ0v) is 11.6. The van der Waals surface area contributed by atoms with E-state index in [0.717, 1.165) is 26.3 Å². The van der Waals surface area contributed by atoms with Crippen molar-refractivity contribution in [3.05, 3.63) is 29.8 Å². The second-order valence-corrected chi connectivity index (χ2v) is 5.35. The van der Waals surface area contributed by atoms with Crippen molar-refractivity contribution in [2.24, 2.45) is 0 Å². The van der Waals surface area contributed by atoms with E-state index in [0.29, 0.717) is 12.0 Å². The summed E-state index contributed by atoms with van der Waals surface area (Å²) in [6, 6.07) is 9.30. The molecule has 1 aromatic rings. The van der Waals surface area contributed by atoms with E-state index in [2.05, 4.69) is 55.4 Å². The van der Waals surface area contributed by atoms with E-state index in [1.54, 1.807) is 0 Å². The van der Waals surface area contributed by atoms with Crippen molar-refractivity contribution in [1.29, 1.82) is 0 Å². The fourth-order valence-electron chi connectivity index (χ4n) is 2.29. The lowest BCUT2D eigenvalue weighted by Gasteiger charge is -2.29. The van der Waals surface area contributed by atoms with Gasteiger partial charge >= 0.3 is 0 Å². The first kappa shape index (κ1) is 13.4. The van der Waals surface area contributed by atoms with Crippen molar-refractivity contribution in [3.63, 3.8) is 0 Å². The fraction of sp³-hybridized carbons (Fsp3) is 0.600. The molecule has 0 saturated carbocycles. The largest absolute Gasteiger partial charge is 0.378 e. The summed E-state index contributed by atoms with van der Waals surface area (Å²) >= 11 is 0. The lowest BCUT2D eigenvalue weighted by molar-refractivity contribution is 0.0791. The molecule has 1 saturated heterocycles. The van der Waals surface area contributed by atoms with Crippen LogP contribution >= 0.6 is 0 Å². The maximum absolute atomic E-state index is 5.48. The SMILES string of the molecule is CC(C)c1ccc(N(C)CC2COCCN2)cc1. The molecule has 1 aliphatic rings. The molecule has 1 unspecified atom stereocenters. The predicted molar refractivity (Wildman–Crippen MR) is 76.4 cm³/mol. The Kier molecular flexibility index (Phi) is 4.61. The van der Waals surface area contributed by atoms with Crippen LogP contribution in [-0.2, 0) is 4.74 Å². The molecule has 0 spiro atoms. The molecule has 0 bridgehead atoms. The van der Waals surface area contributed by atoms with E-state index in [1.807, 2.05) is 0 Å². The number of hydrogen-bond acceptors (Lipinski definition) is 3. The third-order valence-electron chi connectivity index (χ3n) is 3.49. The number of benzene rings is 1. The van der Waals surface area contributed by atoms with Gasteiger partial charge in [0.25, 0.3) is 0 Å². The average molecular weight is 248 g/mol. The molecule has 1 aliphatic heterocycles. The van der Waals surface area contributed by atoms with Crippen LogP contribution in [0.25, 0.3) is 0 Å². The van der Waals surface area contributed by atoms with Gasteiger partial charge < -0.3 is 15.0 Å². The van der Waals surface area contributed by atoms with Gasteiger partial charge in [-0.05, 0) is 23.6 Å². The Morgan fingerprint density at radius 2 is 2.06 bits per heavy atom. The summed E-state index contributed by atoms with van der Waals surface area (Å²) in [4.78, 5) is 2.29. The number of nitrogens with one attached hydrogen (secondary N) is 1. The van der Waals surface area contributed by atoms with E-state index < -0.39 is 0 Å². The molecule has 3 heteroatoms. The molecule has 0 aromatic heterocycles. The highest BCUT2D eigenvalue weighted by atomic mass is 16.5. The molecule has 2 rings (SSSR count). The summed E-state index contributed by atoms with van der Waals surface area (Å²) < 4.78 is 5.48. The number of ether oxygens (including phenoxy) is 1. The van der Waals surface area contributed by atoms with E-state index in [9.17, 15) is 0 Å². The van der Waals surface area contributed by atoms with Crippen molar-refractivity contribution in [1.82, 2.24) is 5.32 Å². The third kappa shape index (κ3) is 3.47. The van der Waals surface area contributed by atoms with Gasteiger partial charge in [0.1, 0.15) is 0 Å². The Labute approximate surface area is 110 Å². The van der Waals surface area contributed by atoms with Crippen LogP contribution in [0.4, 0.5) is 5.69 Å². The smallest absolute Gasteiger partial charge is 0.0637 e. The van der Waals surface area contributed by atoms with Gasteiger partial charge in [0.2, 0.25) is 0 Å². The minimum absolute atomic E-state index is 0.438. The van der Waals surface area contributed by atoms with Crippen molar-refractivity contribution in [3.8, 4) is 0 Å². The molecule has 1 atom stereocenters. The molecule has 0 aliphatic carbocycles. The molecule has 1 N–H and O–H groups in total. The molecule has 1 heterocycles. The van der Waals surface area contributed by atoms with Crippen LogP contribution in [0, 0.1) is 0 Å². The number of likely N-dealkylation sites (N-methyl/N-ethyl adjacent to an activating group) is 1. The first-order valence-corrected chi connectivity index (χ1v) is 6.79. The molecule has 0 radical (unpaired) electrons. The van der Waals surface area contributed by atoms with Crippen molar-refractivity contribution >= 4 is 5.69 Å². The number of rotatable bonds is 4. The highest BCUT2D eigenvalue weighted by Crippen LogP contribution is 2.19. The third-order valence-corrected chi connectivity index (χ3v) is 3.49. The summed E-state index contributed by atoms with van der Waals surface area (Å²) in [7, 11) is 2.14. The van der Waals surface area contributed by atoms with Gasteiger partial charge in [0.15, 0.2) is 0 Å². The maximum Gasteiger partial charge on any atom is 0.0637 e. The van der Waals surface area contributed by atoms with Gasteiger partial charge in [-0.15, -0.1) is 0 Å². The van der Waals surface area contributed by atoms with Gasteiger partial charge in [0, 0.05) is 31.9 Å². The highest BCUT2D eigenvalue weighted by Gasteiger charge is 2.15. The second-order valence-electron chi connectivity index (χ2n) is 5.35. The van der Waals surface area contributed by atoms with Crippen LogP contribution in [0.1, 0.15) is 25.3 Å². The Hall–Kier alpha value is -1.06. The second kappa shape index (κ2) is 6.21. The lowest BCUT2D eigenvalue weighted by Crippen LogP contribution is -2.47. The van der Waals surface area contributed by atoms with Crippen LogP contribution < -0.4 is 10.2 Å². The average Bonchev–Trinajstić information content (AvgIpc) is 2.40. The first-order chi connectivity index (χ1) is 8.66. The monoisotopic (exact) mass is 248 g/mol. The minimum atomic E-state index is 0.438. The van der Waals surface area contributed by atoms with Crippen LogP contribution in [0.5, 0.6) is 0 Å². The minimum Gasteiger partial charge on any atom is -0.378 e. The standard InChI is InChI=1S/C15H24N2O/c1-12(2)13-4-6-15(7-5-13)17(3)10-14-11-18-9-8-16-14/h4-7,12,14,16H,8-11H2,1-3H3. The van der Waals surface area contributed by atoms with Crippen LogP contribution in [0.3, 0.4) is 0 Å². The number of morpholine rings is 1. The van der Waals surface area contributed by atoms with Crippen molar-refractivity contribution in [2.75, 3.05) is 38.3 Å². The van der Waals surface area contributed by atoms with Gasteiger partial charge in [-0.1, -0.05) is 26.0 Å². The van der Waals surface area contributed by atoms with Crippen LogP contribution in [0.15, 0.2) is 24.3 Å². The number of hydrogen-bond donors (Lipinski definition) is 1. The van der Waals surface area contributed by atoms with Crippen molar-refractivity contribution in [2.45, 2.75) is 25.8 Å². The molecule has 3 nitrogen and oxygen atoms in total. The topological polar surface area (TPSA) is 24.5 Å². The summed E-state index contributed by atoms with van der Waals surface area (Å²) in [6.45, 7) is 8.05. The molecule has 0 amide bonds. The van der Waals surface area contributed by atoms with E-state index in [4.69, 9.17) is 4.74 Å². The van der Waals surface area contributed by atoms with Gasteiger partial charge in [0.05, 0.1) is 13.2 Å². The molecular formula is C15H24N2O. The molecule has 100 valence electrons. The van der Waals surface area contributed by atoms with Crippen molar-refractivity contribution < 1.29 is 4.74 Å². The predicted octanol–water partition coefficient (Wildman–Crippen LogP) is 2.23. The maximum atomic E-state index is 5.48. The van der Waals surface area contributed by atoms with Gasteiger partial charge in [-0.3, -0.25) is 0 Å². The Balaban J connectivity index is 1.93. The Morgan fingerprint density at radius 3 is 2.61 bits per heavy atom. The zero-order chi connectivity index (χ0) is 13.0. The quantitative estimate of drug-likeness (QED) is 0.884. The summed E-state index contributed by atoms with van der Waals surface area (Å²) in [6.07, 6.45) is 0. The van der Waals surface area contributed by atoms with Crippen LogP contribution in [-0.4, -0.2) is 39.4 Å². The Bertz CT molecular complexity index is 355. The fourth-order valence-corrected chi connectivity index (χ4v) is 2.29. The number of anilines is 1. The highest BCUT2D eigenvalue weighted by molar-refractivity contribution is 5.47. The summed E-state index contributed by atoms with van der Waals surface area (Å²) in [5.74, 6) is 0.595. The van der Waals surface area contributed by atoms with E-state index >= 15 is 0 Å². The molecule has 18 heavy (non-hydrogen) atoms. The lowest BCUT2D eigenvalue weighted by atomic mass is 10.0.